The Morgan fingerprint density at radius 2 is 1.94 bits per heavy atom. The third-order valence-corrected chi connectivity index (χ3v) is 3.17. The molecule has 5 nitrogen and oxygen atoms in total. The molecule has 7 heteroatoms. The third kappa shape index (κ3) is 2.52. The largest absolute Gasteiger partial charge is 0.345 e. The van der Waals surface area contributed by atoms with Crippen LogP contribution >= 0.6 is 11.6 Å². The van der Waals surface area contributed by atoms with E-state index in [-0.39, 0.29) is 15.5 Å². The van der Waals surface area contributed by atoms with Crippen molar-refractivity contribution >= 4 is 27.5 Å². The van der Waals surface area contributed by atoms with E-state index >= 15 is 0 Å². The number of nitrogens with two attached hydrogens (primary N) is 1. The number of halogens is 1. The highest BCUT2D eigenvalue weighted by molar-refractivity contribution is 7.89. The lowest BCUT2D eigenvalue weighted by atomic mass is 10.2. The van der Waals surface area contributed by atoms with Crippen LogP contribution in [0.1, 0.15) is 10.4 Å². The van der Waals surface area contributed by atoms with Crippen molar-refractivity contribution in [3.63, 3.8) is 0 Å². The minimum Gasteiger partial charge on any atom is -0.345 e. The highest BCUT2D eigenvalue weighted by Gasteiger charge is 2.23. The lowest BCUT2D eigenvalue weighted by Crippen LogP contribution is -2.26. The van der Waals surface area contributed by atoms with Gasteiger partial charge in [-0.25, -0.2) is 13.6 Å². The molecule has 0 saturated heterocycles. The molecule has 0 heterocycles. The van der Waals surface area contributed by atoms with Crippen LogP contribution in [0, 0.1) is 0 Å². The summed E-state index contributed by atoms with van der Waals surface area (Å²) in [5, 5.41) is 5.07. The maximum absolute atomic E-state index is 11.8. The quantitative estimate of drug-likeness (QED) is 0.851. The van der Waals surface area contributed by atoms with E-state index in [1.54, 1.807) is 0 Å². The van der Waals surface area contributed by atoms with Crippen molar-refractivity contribution in [1.82, 2.24) is 4.90 Å². The van der Waals surface area contributed by atoms with Gasteiger partial charge in [0.15, 0.2) is 0 Å². The molecule has 1 aromatic carbocycles. The van der Waals surface area contributed by atoms with Crippen LogP contribution in [-0.2, 0) is 10.0 Å². The highest BCUT2D eigenvalue weighted by Crippen LogP contribution is 2.24. The summed E-state index contributed by atoms with van der Waals surface area (Å²) in [7, 11) is -0.969. The van der Waals surface area contributed by atoms with E-state index in [0.29, 0.717) is 0 Å². The van der Waals surface area contributed by atoms with Crippen molar-refractivity contribution in [3.8, 4) is 0 Å². The van der Waals surface area contributed by atoms with Gasteiger partial charge >= 0.3 is 0 Å². The summed E-state index contributed by atoms with van der Waals surface area (Å²) in [6, 6.07) is 4.11. The minimum absolute atomic E-state index is 0.0604. The van der Waals surface area contributed by atoms with Crippen LogP contribution in [0.2, 0.25) is 5.02 Å². The lowest BCUT2D eigenvalue weighted by molar-refractivity contribution is 0.0824. The molecular formula is C9H11ClN2O3S. The molecule has 0 saturated carbocycles. The van der Waals surface area contributed by atoms with Gasteiger partial charge in [-0.2, -0.15) is 0 Å². The molecule has 1 rings (SSSR count). The van der Waals surface area contributed by atoms with E-state index in [2.05, 4.69) is 0 Å². The van der Waals surface area contributed by atoms with E-state index < -0.39 is 15.9 Å². The van der Waals surface area contributed by atoms with Gasteiger partial charge in [-0.1, -0.05) is 17.7 Å². The molecule has 0 bridgehead atoms. The Kier molecular flexibility index (Phi) is 3.57. The molecule has 16 heavy (non-hydrogen) atoms. The molecule has 0 aliphatic rings. The first-order valence-electron chi connectivity index (χ1n) is 4.28. The topological polar surface area (TPSA) is 80.5 Å². The Morgan fingerprint density at radius 1 is 1.38 bits per heavy atom. The molecule has 0 aromatic heterocycles. The van der Waals surface area contributed by atoms with Crippen molar-refractivity contribution in [3.05, 3.63) is 28.8 Å². The normalized spacial score (nSPS) is 11.2. The molecule has 0 fully saturated rings. The zero-order chi connectivity index (χ0) is 12.5. The average Bonchev–Trinajstić information content (AvgIpc) is 2.14. The highest BCUT2D eigenvalue weighted by atomic mass is 35.5. The fraction of sp³-hybridized carbons (Fsp3) is 0.222. The fourth-order valence-corrected chi connectivity index (χ4v) is 2.23. The van der Waals surface area contributed by atoms with Crippen molar-refractivity contribution in [1.29, 1.82) is 0 Å². The molecule has 1 amide bonds. The fourth-order valence-electron chi connectivity index (χ4n) is 1.17. The van der Waals surface area contributed by atoms with E-state index in [1.807, 2.05) is 0 Å². The summed E-state index contributed by atoms with van der Waals surface area (Å²) >= 11 is 5.81. The predicted molar refractivity (Wildman–Crippen MR) is 60.8 cm³/mol. The predicted octanol–water partition coefficient (Wildman–Crippen LogP) is 0.689. The summed E-state index contributed by atoms with van der Waals surface area (Å²) in [5.41, 5.74) is -0.100. The van der Waals surface area contributed by atoms with E-state index in [9.17, 15) is 13.2 Å². The molecule has 0 aliphatic carbocycles. The van der Waals surface area contributed by atoms with Crippen LogP contribution in [0.25, 0.3) is 0 Å². The third-order valence-electron chi connectivity index (χ3n) is 1.90. The monoisotopic (exact) mass is 262 g/mol. The van der Waals surface area contributed by atoms with E-state index in [0.717, 1.165) is 0 Å². The number of amides is 1. The molecule has 0 aliphatic heterocycles. The maximum Gasteiger partial charge on any atom is 0.256 e. The van der Waals surface area contributed by atoms with E-state index in [4.69, 9.17) is 16.7 Å². The van der Waals surface area contributed by atoms with Crippen LogP contribution in [0.3, 0.4) is 0 Å². The molecule has 0 spiro atoms. The second kappa shape index (κ2) is 4.40. The number of hydrogen-bond acceptors (Lipinski definition) is 3. The number of nitrogens with zero attached hydrogens (tertiary/aromatic N) is 1. The Labute approximate surface area is 98.9 Å². The van der Waals surface area contributed by atoms with Crippen LogP contribution < -0.4 is 5.14 Å². The van der Waals surface area contributed by atoms with Crippen molar-refractivity contribution in [2.45, 2.75) is 4.90 Å². The Morgan fingerprint density at radius 3 is 2.38 bits per heavy atom. The van der Waals surface area contributed by atoms with Crippen molar-refractivity contribution in [2.75, 3.05) is 14.1 Å². The zero-order valence-corrected chi connectivity index (χ0v) is 10.3. The number of carbonyl (C=O) groups excluding carboxylic acids is 1. The number of hydrogen-bond donors (Lipinski definition) is 1. The summed E-state index contributed by atoms with van der Waals surface area (Å²) < 4.78 is 22.6. The first kappa shape index (κ1) is 13.0. The first-order valence-corrected chi connectivity index (χ1v) is 6.20. The number of rotatable bonds is 2. The second-order valence-electron chi connectivity index (χ2n) is 3.36. The molecule has 0 unspecified atom stereocenters. The van der Waals surface area contributed by atoms with Gasteiger partial charge in [0, 0.05) is 14.1 Å². The van der Waals surface area contributed by atoms with Gasteiger partial charge in [0.2, 0.25) is 10.0 Å². The van der Waals surface area contributed by atoms with Gasteiger partial charge in [0.1, 0.15) is 0 Å². The molecule has 0 radical (unpaired) electrons. The number of sulfonamides is 1. The van der Waals surface area contributed by atoms with Crippen molar-refractivity contribution < 1.29 is 13.2 Å². The number of benzene rings is 1. The van der Waals surface area contributed by atoms with Crippen LogP contribution in [0.15, 0.2) is 23.1 Å². The van der Waals surface area contributed by atoms with Gasteiger partial charge in [-0.05, 0) is 12.1 Å². The Hall–Kier alpha value is -1.11. The van der Waals surface area contributed by atoms with Gasteiger partial charge in [-0.3, -0.25) is 4.79 Å². The van der Waals surface area contributed by atoms with Crippen LogP contribution in [0.5, 0.6) is 0 Å². The summed E-state index contributed by atoms with van der Waals surface area (Å²) in [4.78, 5) is 12.7. The minimum atomic E-state index is -3.97. The van der Waals surface area contributed by atoms with Crippen LogP contribution in [0.4, 0.5) is 0 Å². The molecule has 1 aromatic rings. The van der Waals surface area contributed by atoms with Gasteiger partial charge < -0.3 is 4.90 Å². The lowest BCUT2D eigenvalue weighted by Gasteiger charge is -2.14. The summed E-state index contributed by atoms with van der Waals surface area (Å²) in [5.74, 6) is -0.505. The summed E-state index contributed by atoms with van der Waals surface area (Å²) in [6.45, 7) is 0. The molecule has 88 valence electrons. The SMILES string of the molecule is CN(C)C(=O)c1c(Cl)cccc1S(N)(=O)=O. The molecule has 2 N–H and O–H groups in total. The second-order valence-corrected chi connectivity index (χ2v) is 5.29. The van der Waals surface area contributed by atoms with Crippen LogP contribution in [-0.4, -0.2) is 33.3 Å². The smallest absolute Gasteiger partial charge is 0.256 e. The number of carbonyl (C=O) groups is 1. The average molecular weight is 263 g/mol. The summed E-state index contributed by atoms with van der Waals surface area (Å²) in [6.07, 6.45) is 0. The Bertz CT molecular complexity index is 526. The van der Waals surface area contributed by atoms with Gasteiger partial charge in [0.25, 0.3) is 5.91 Å². The van der Waals surface area contributed by atoms with Gasteiger partial charge in [0.05, 0.1) is 15.5 Å². The standard InChI is InChI=1S/C9H11ClN2O3S/c1-12(2)9(13)8-6(10)4-3-5-7(8)16(11,14)15/h3-5H,1-2H3,(H2,11,14,15). The van der Waals surface area contributed by atoms with Crippen molar-refractivity contribution in [2.24, 2.45) is 5.14 Å². The Balaban J connectivity index is 3.54. The zero-order valence-electron chi connectivity index (χ0n) is 8.77. The maximum atomic E-state index is 11.8. The number of primary sulfonamides is 1. The first-order chi connectivity index (χ1) is 7.25. The van der Waals surface area contributed by atoms with Gasteiger partial charge in [-0.15, -0.1) is 0 Å². The molecular weight excluding hydrogens is 252 g/mol. The van der Waals surface area contributed by atoms with E-state index in [1.165, 1.54) is 37.2 Å². The molecule has 0 atom stereocenters.